The third-order valence-electron chi connectivity index (χ3n) is 3.40. The summed E-state index contributed by atoms with van der Waals surface area (Å²) in [7, 11) is 0. The molecule has 1 fully saturated rings. The van der Waals surface area contributed by atoms with Crippen molar-refractivity contribution in [1.29, 1.82) is 0 Å². The van der Waals surface area contributed by atoms with E-state index < -0.39 is 5.97 Å². The minimum absolute atomic E-state index is 0.222. The van der Waals surface area contributed by atoms with Gasteiger partial charge in [-0.2, -0.15) is 0 Å². The Labute approximate surface area is 120 Å². The fourth-order valence-corrected chi connectivity index (χ4v) is 3.16. The lowest BCUT2D eigenvalue weighted by atomic mass is 9.97. The molecular weight excluding hydrogens is 254 g/mol. The molecule has 4 nitrogen and oxygen atoms in total. The van der Waals surface area contributed by atoms with Gasteiger partial charge < -0.3 is 9.84 Å². The van der Waals surface area contributed by atoms with Crippen molar-refractivity contribution in [2.24, 2.45) is 0 Å². The van der Waals surface area contributed by atoms with Crippen molar-refractivity contribution >= 4 is 5.97 Å². The summed E-state index contributed by atoms with van der Waals surface area (Å²) in [5, 5.41) is 9.26. The number of nitrogens with zero attached hydrogens (tertiary/aromatic N) is 1. The molecule has 1 aliphatic rings. The van der Waals surface area contributed by atoms with Crippen molar-refractivity contribution in [2.75, 3.05) is 13.1 Å². The van der Waals surface area contributed by atoms with E-state index in [9.17, 15) is 9.90 Å². The Bertz CT molecular complexity index is 492. The first kappa shape index (κ1) is 15.0. The summed E-state index contributed by atoms with van der Waals surface area (Å²) >= 11 is 0. The lowest BCUT2D eigenvalue weighted by molar-refractivity contribution is -0.182. The van der Waals surface area contributed by atoms with Crippen LogP contribution >= 0.6 is 0 Å². The molecule has 0 unspecified atom stereocenters. The quantitative estimate of drug-likeness (QED) is 0.923. The van der Waals surface area contributed by atoms with Gasteiger partial charge in [0.05, 0.1) is 16.8 Å². The summed E-state index contributed by atoms with van der Waals surface area (Å²) in [6.45, 7) is 10.5. The van der Waals surface area contributed by atoms with Crippen LogP contribution in [0.2, 0.25) is 0 Å². The number of carboxylic acid groups (broad SMARTS) is 1. The maximum atomic E-state index is 11.3. The SMILES string of the molecule is CC1(C)CN(Cc2ccccc2C(=O)O)CC(C)(C)O1. The third kappa shape index (κ3) is 3.58. The van der Waals surface area contributed by atoms with E-state index in [2.05, 4.69) is 32.6 Å². The van der Waals surface area contributed by atoms with E-state index in [1.54, 1.807) is 12.1 Å². The summed E-state index contributed by atoms with van der Waals surface area (Å²) < 4.78 is 6.05. The predicted molar refractivity (Wildman–Crippen MR) is 77.9 cm³/mol. The van der Waals surface area contributed by atoms with E-state index in [0.29, 0.717) is 12.1 Å². The minimum Gasteiger partial charge on any atom is -0.478 e. The summed E-state index contributed by atoms with van der Waals surface area (Å²) in [5.74, 6) is -0.868. The molecule has 1 saturated heterocycles. The van der Waals surface area contributed by atoms with Crippen LogP contribution < -0.4 is 0 Å². The van der Waals surface area contributed by atoms with Gasteiger partial charge in [-0.3, -0.25) is 4.90 Å². The third-order valence-corrected chi connectivity index (χ3v) is 3.40. The fraction of sp³-hybridized carbons (Fsp3) is 0.562. The van der Waals surface area contributed by atoms with Crippen LogP contribution in [-0.2, 0) is 11.3 Å². The van der Waals surface area contributed by atoms with Crippen LogP contribution in [0.4, 0.5) is 0 Å². The smallest absolute Gasteiger partial charge is 0.336 e. The van der Waals surface area contributed by atoms with Crippen LogP contribution in [0.25, 0.3) is 0 Å². The summed E-state index contributed by atoms with van der Waals surface area (Å²) in [6, 6.07) is 7.20. The molecule has 2 rings (SSSR count). The number of ether oxygens (including phenoxy) is 1. The van der Waals surface area contributed by atoms with E-state index in [1.165, 1.54) is 0 Å². The second kappa shape index (κ2) is 5.19. The second-order valence-electron chi connectivity index (χ2n) is 6.73. The molecule has 0 amide bonds. The Morgan fingerprint density at radius 3 is 2.30 bits per heavy atom. The Morgan fingerprint density at radius 2 is 1.75 bits per heavy atom. The van der Waals surface area contributed by atoms with Crippen LogP contribution in [0.15, 0.2) is 24.3 Å². The van der Waals surface area contributed by atoms with Crippen LogP contribution in [0, 0.1) is 0 Å². The summed E-state index contributed by atoms with van der Waals surface area (Å²) in [4.78, 5) is 13.5. The molecule has 0 atom stereocenters. The molecule has 20 heavy (non-hydrogen) atoms. The van der Waals surface area contributed by atoms with Gasteiger partial charge in [0.1, 0.15) is 0 Å². The van der Waals surface area contributed by atoms with Gasteiger partial charge in [0.25, 0.3) is 0 Å². The first-order valence-electron chi connectivity index (χ1n) is 6.92. The highest BCUT2D eigenvalue weighted by Gasteiger charge is 2.38. The van der Waals surface area contributed by atoms with Crippen molar-refractivity contribution in [1.82, 2.24) is 4.90 Å². The monoisotopic (exact) mass is 277 g/mol. The second-order valence-corrected chi connectivity index (χ2v) is 6.73. The van der Waals surface area contributed by atoms with Crippen LogP contribution in [0.5, 0.6) is 0 Å². The molecule has 0 spiro atoms. The average Bonchev–Trinajstić information content (AvgIpc) is 2.24. The highest BCUT2D eigenvalue weighted by molar-refractivity contribution is 5.89. The minimum atomic E-state index is -0.868. The summed E-state index contributed by atoms with van der Waals surface area (Å²) in [6.07, 6.45) is 0. The highest BCUT2D eigenvalue weighted by Crippen LogP contribution is 2.29. The van der Waals surface area contributed by atoms with Crippen molar-refractivity contribution in [3.63, 3.8) is 0 Å². The Kier molecular flexibility index (Phi) is 3.89. The lowest BCUT2D eigenvalue weighted by Crippen LogP contribution is -2.56. The zero-order valence-corrected chi connectivity index (χ0v) is 12.6. The zero-order valence-electron chi connectivity index (χ0n) is 12.6. The largest absolute Gasteiger partial charge is 0.478 e. The maximum Gasteiger partial charge on any atom is 0.336 e. The zero-order chi connectivity index (χ0) is 15.0. The summed E-state index contributed by atoms with van der Waals surface area (Å²) in [5.41, 5.74) is 0.794. The van der Waals surface area contributed by atoms with Crippen molar-refractivity contribution in [2.45, 2.75) is 45.4 Å². The molecule has 1 aromatic carbocycles. The number of carboxylic acids is 1. The molecule has 1 N–H and O–H groups in total. The molecular formula is C16H23NO3. The Hall–Kier alpha value is -1.39. The highest BCUT2D eigenvalue weighted by atomic mass is 16.5. The molecule has 1 aliphatic heterocycles. The van der Waals surface area contributed by atoms with E-state index >= 15 is 0 Å². The number of aromatic carboxylic acids is 1. The predicted octanol–water partition coefficient (Wildman–Crippen LogP) is 2.77. The first-order chi connectivity index (χ1) is 9.19. The first-order valence-corrected chi connectivity index (χ1v) is 6.92. The number of benzene rings is 1. The van der Waals surface area contributed by atoms with Crippen LogP contribution in [-0.4, -0.2) is 40.3 Å². The van der Waals surface area contributed by atoms with Gasteiger partial charge >= 0.3 is 5.97 Å². The maximum absolute atomic E-state index is 11.3. The molecule has 110 valence electrons. The van der Waals surface area contributed by atoms with Crippen molar-refractivity contribution < 1.29 is 14.6 Å². The average molecular weight is 277 g/mol. The number of rotatable bonds is 3. The molecule has 1 aromatic rings. The molecule has 0 aromatic heterocycles. The van der Waals surface area contributed by atoms with Crippen LogP contribution in [0.3, 0.4) is 0 Å². The van der Waals surface area contributed by atoms with Gasteiger partial charge in [-0.15, -0.1) is 0 Å². The molecule has 0 radical (unpaired) electrons. The molecule has 0 aliphatic carbocycles. The number of hydrogen-bond donors (Lipinski definition) is 1. The fourth-order valence-electron chi connectivity index (χ4n) is 3.16. The topological polar surface area (TPSA) is 49.8 Å². The molecule has 1 heterocycles. The number of hydrogen-bond acceptors (Lipinski definition) is 3. The van der Waals surface area contributed by atoms with Crippen molar-refractivity contribution in [3.8, 4) is 0 Å². The standard InChI is InChI=1S/C16H23NO3/c1-15(2)10-17(11-16(3,4)20-15)9-12-7-5-6-8-13(12)14(18)19/h5-8H,9-11H2,1-4H3,(H,18,19). The van der Waals surface area contributed by atoms with Gasteiger partial charge in [-0.05, 0) is 39.3 Å². The Morgan fingerprint density at radius 1 is 1.20 bits per heavy atom. The van der Waals surface area contributed by atoms with E-state index in [4.69, 9.17) is 4.74 Å². The molecule has 0 saturated carbocycles. The number of carbonyl (C=O) groups is 1. The Balaban J connectivity index is 2.20. The van der Waals surface area contributed by atoms with Gasteiger partial charge in [-0.25, -0.2) is 4.79 Å². The van der Waals surface area contributed by atoms with E-state index in [1.807, 2.05) is 12.1 Å². The molecule has 0 bridgehead atoms. The van der Waals surface area contributed by atoms with Gasteiger partial charge in [0, 0.05) is 19.6 Å². The molecule has 4 heteroatoms. The van der Waals surface area contributed by atoms with Gasteiger partial charge in [0.2, 0.25) is 0 Å². The van der Waals surface area contributed by atoms with Crippen molar-refractivity contribution in [3.05, 3.63) is 35.4 Å². The van der Waals surface area contributed by atoms with Crippen LogP contribution in [0.1, 0.15) is 43.6 Å². The van der Waals surface area contributed by atoms with Gasteiger partial charge in [0.15, 0.2) is 0 Å². The van der Waals surface area contributed by atoms with E-state index in [0.717, 1.165) is 18.7 Å². The normalized spacial score (nSPS) is 21.6. The van der Waals surface area contributed by atoms with Gasteiger partial charge in [-0.1, -0.05) is 18.2 Å². The lowest BCUT2D eigenvalue weighted by Gasteiger charge is -2.47. The number of morpholine rings is 1. The van der Waals surface area contributed by atoms with E-state index in [-0.39, 0.29) is 11.2 Å².